The molecule has 124 valence electrons. The Bertz CT molecular complexity index is 1010. The van der Waals surface area contributed by atoms with E-state index < -0.39 is 0 Å². The quantitative estimate of drug-likeness (QED) is 0.621. The third-order valence-electron chi connectivity index (χ3n) is 4.36. The highest BCUT2D eigenvalue weighted by Crippen LogP contribution is 2.27. The van der Waals surface area contributed by atoms with Gasteiger partial charge in [-0.2, -0.15) is 0 Å². The van der Waals surface area contributed by atoms with Crippen molar-refractivity contribution in [3.8, 4) is 0 Å². The number of benzene rings is 2. The second-order valence-corrected chi connectivity index (χ2v) is 6.08. The topological polar surface area (TPSA) is 68.0 Å². The molecule has 0 saturated heterocycles. The smallest absolute Gasteiger partial charge is 0.200 e. The average molecular weight is 330 g/mol. The summed E-state index contributed by atoms with van der Waals surface area (Å²) in [6, 6.07) is 20.6. The molecule has 25 heavy (non-hydrogen) atoms. The van der Waals surface area contributed by atoms with Gasteiger partial charge in [0.1, 0.15) is 5.82 Å². The molecule has 0 aliphatic heterocycles. The Hall–Kier alpha value is -3.28. The van der Waals surface area contributed by atoms with Crippen molar-refractivity contribution >= 4 is 11.5 Å². The SMILES string of the molecule is Cc1ccc(C(Nc2ccc3nnnn3n2)c2ccccc2)cc1C. The maximum Gasteiger partial charge on any atom is 0.200 e. The molecule has 0 amide bonds. The number of fused-ring (bicyclic) bond motifs is 1. The van der Waals surface area contributed by atoms with Gasteiger partial charge in [0.25, 0.3) is 0 Å². The Kier molecular flexibility index (Phi) is 3.85. The Labute approximate surface area is 145 Å². The third kappa shape index (κ3) is 3.06. The van der Waals surface area contributed by atoms with E-state index in [-0.39, 0.29) is 6.04 Å². The van der Waals surface area contributed by atoms with E-state index >= 15 is 0 Å². The highest BCUT2D eigenvalue weighted by molar-refractivity contribution is 5.48. The summed E-state index contributed by atoms with van der Waals surface area (Å²) in [6.45, 7) is 4.25. The number of rotatable bonds is 4. The molecule has 4 rings (SSSR count). The number of hydrogen-bond acceptors (Lipinski definition) is 5. The van der Waals surface area contributed by atoms with Crippen LogP contribution in [0, 0.1) is 13.8 Å². The standard InChI is InChI=1S/C19H18N6/c1-13-8-9-16(12-14(13)2)19(15-6-4-3-5-7-15)20-17-10-11-18-21-23-24-25(18)22-17/h3-12,19H,1-2H3,(H,20,22). The second-order valence-electron chi connectivity index (χ2n) is 6.08. The minimum atomic E-state index is -0.0121. The number of nitrogens with one attached hydrogen (secondary N) is 1. The second kappa shape index (κ2) is 6.32. The first kappa shape index (κ1) is 15.3. The van der Waals surface area contributed by atoms with Gasteiger partial charge in [-0.3, -0.25) is 0 Å². The highest BCUT2D eigenvalue weighted by atomic mass is 15.6. The zero-order valence-electron chi connectivity index (χ0n) is 14.1. The van der Waals surface area contributed by atoms with E-state index in [1.807, 2.05) is 30.3 Å². The first-order chi connectivity index (χ1) is 12.2. The molecule has 0 bridgehead atoms. The molecular weight excluding hydrogens is 312 g/mol. The monoisotopic (exact) mass is 330 g/mol. The molecule has 0 aliphatic carbocycles. The van der Waals surface area contributed by atoms with Crippen molar-refractivity contribution < 1.29 is 0 Å². The van der Waals surface area contributed by atoms with Crippen LogP contribution < -0.4 is 5.32 Å². The average Bonchev–Trinajstić information content (AvgIpc) is 3.11. The van der Waals surface area contributed by atoms with Crippen LogP contribution in [-0.2, 0) is 0 Å². The summed E-state index contributed by atoms with van der Waals surface area (Å²) in [5.41, 5.74) is 5.53. The molecule has 2 aromatic heterocycles. The molecule has 0 radical (unpaired) electrons. The number of tetrazole rings is 1. The van der Waals surface area contributed by atoms with E-state index in [1.165, 1.54) is 26.9 Å². The number of aryl methyl sites for hydroxylation is 2. The van der Waals surface area contributed by atoms with Crippen molar-refractivity contribution in [2.45, 2.75) is 19.9 Å². The first-order valence-electron chi connectivity index (χ1n) is 8.15. The normalized spacial score (nSPS) is 12.2. The van der Waals surface area contributed by atoms with Gasteiger partial charge in [0.15, 0.2) is 5.65 Å². The zero-order valence-corrected chi connectivity index (χ0v) is 14.1. The lowest BCUT2D eigenvalue weighted by atomic mass is 9.95. The lowest BCUT2D eigenvalue weighted by molar-refractivity contribution is 0.730. The van der Waals surface area contributed by atoms with Gasteiger partial charge in [-0.05, 0) is 58.7 Å². The van der Waals surface area contributed by atoms with E-state index in [0.717, 1.165) is 0 Å². The molecule has 6 nitrogen and oxygen atoms in total. The van der Waals surface area contributed by atoms with Gasteiger partial charge in [-0.15, -0.1) is 14.8 Å². The van der Waals surface area contributed by atoms with Crippen LogP contribution in [0.3, 0.4) is 0 Å². The molecular formula is C19H18N6. The summed E-state index contributed by atoms with van der Waals surface area (Å²) < 4.78 is 1.42. The summed E-state index contributed by atoms with van der Waals surface area (Å²) >= 11 is 0. The van der Waals surface area contributed by atoms with E-state index in [0.29, 0.717) is 11.5 Å². The Morgan fingerprint density at radius 3 is 2.52 bits per heavy atom. The fraction of sp³-hybridized carbons (Fsp3) is 0.158. The van der Waals surface area contributed by atoms with Gasteiger partial charge < -0.3 is 5.32 Å². The van der Waals surface area contributed by atoms with Crippen molar-refractivity contribution in [1.29, 1.82) is 0 Å². The van der Waals surface area contributed by atoms with Crippen molar-refractivity contribution in [1.82, 2.24) is 25.3 Å². The van der Waals surface area contributed by atoms with E-state index in [4.69, 9.17) is 0 Å². The largest absolute Gasteiger partial charge is 0.358 e. The number of aromatic nitrogens is 5. The maximum absolute atomic E-state index is 4.44. The van der Waals surface area contributed by atoms with Crippen molar-refractivity contribution in [2.24, 2.45) is 0 Å². The van der Waals surface area contributed by atoms with Gasteiger partial charge in [0.2, 0.25) is 0 Å². The molecule has 0 aliphatic rings. The van der Waals surface area contributed by atoms with Crippen molar-refractivity contribution in [2.75, 3.05) is 5.32 Å². The lowest BCUT2D eigenvalue weighted by Crippen LogP contribution is -2.14. The minimum Gasteiger partial charge on any atom is -0.358 e. The molecule has 2 heterocycles. The molecule has 6 heteroatoms. The van der Waals surface area contributed by atoms with E-state index in [2.05, 4.69) is 70.1 Å². The summed E-state index contributed by atoms with van der Waals surface area (Å²) in [4.78, 5) is 0. The number of nitrogens with zero attached hydrogens (tertiary/aromatic N) is 5. The molecule has 0 spiro atoms. The van der Waals surface area contributed by atoms with Crippen LogP contribution in [-0.4, -0.2) is 25.3 Å². The van der Waals surface area contributed by atoms with E-state index in [9.17, 15) is 0 Å². The first-order valence-corrected chi connectivity index (χ1v) is 8.15. The zero-order chi connectivity index (χ0) is 17.2. The van der Waals surface area contributed by atoms with Gasteiger partial charge >= 0.3 is 0 Å². The Balaban J connectivity index is 1.75. The molecule has 1 atom stereocenters. The fourth-order valence-electron chi connectivity index (χ4n) is 2.82. The van der Waals surface area contributed by atoms with Crippen molar-refractivity contribution in [3.05, 3.63) is 82.9 Å². The van der Waals surface area contributed by atoms with Crippen molar-refractivity contribution in [3.63, 3.8) is 0 Å². The van der Waals surface area contributed by atoms with Crippen LogP contribution in [0.5, 0.6) is 0 Å². The maximum atomic E-state index is 4.44. The molecule has 0 fully saturated rings. The van der Waals surface area contributed by atoms with Gasteiger partial charge in [-0.25, -0.2) is 0 Å². The molecule has 4 aromatic rings. The lowest BCUT2D eigenvalue weighted by Gasteiger charge is -2.21. The van der Waals surface area contributed by atoms with E-state index in [1.54, 1.807) is 0 Å². The number of hydrogen-bond donors (Lipinski definition) is 1. The summed E-state index contributed by atoms with van der Waals surface area (Å²) in [5, 5.41) is 19.3. The van der Waals surface area contributed by atoms with Crippen LogP contribution in [0.1, 0.15) is 28.3 Å². The molecule has 1 unspecified atom stereocenters. The summed E-state index contributed by atoms with van der Waals surface area (Å²) in [7, 11) is 0. The van der Waals surface area contributed by atoms with Gasteiger partial charge in [-0.1, -0.05) is 48.5 Å². The molecule has 2 aromatic carbocycles. The Morgan fingerprint density at radius 2 is 1.72 bits per heavy atom. The van der Waals surface area contributed by atoms with Crippen LogP contribution in [0.2, 0.25) is 0 Å². The predicted molar refractivity (Wildman–Crippen MR) is 96.4 cm³/mol. The molecule has 0 saturated carbocycles. The van der Waals surface area contributed by atoms with Crippen LogP contribution in [0.4, 0.5) is 5.82 Å². The van der Waals surface area contributed by atoms with Gasteiger partial charge in [0.05, 0.1) is 6.04 Å². The van der Waals surface area contributed by atoms with Crippen LogP contribution in [0.25, 0.3) is 5.65 Å². The third-order valence-corrected chi connectivity index (χ3v) is 4.36. The Morgan fingerprint density at radius 1 is 0.880 bits per heavy atom. The summed E-state index contributed by atoms with van der Waals surface area (Å²) in [5.74, 6) is 0.715. The number of anilines is 1. The van der Waals surface area contributed by atoms with Gasteiger partial charge in [0, 0.05) is 0 Å². The molecule has 1 N–H and O–H groups in total. The predicted octanol–water partition coefficient (Wildman–Crippen LogP) is 3.34. The summed E-state index contributed by atoms with van der Waals surface area (Å²) in [6.07, 6.45) is 0. The van der Waals surface area contributed by atoms with Crippen LogP contribution >= 0.6 is 0 Å². The highest BCUT2D eigenvalue weighted by Gasteiger charge is 2.15. The van der Waals surface area contributed by atoms with Crippen LogP contribution in [0.15, 0.2) is 60.7 Å². The fourth-order valence-corrected chi connectivity index (χ4v) is 2.82. The minimum absolute atomic E-state index is 0.0121.